The lowest BCUT2D eigenvalue weighted by molar-refractivity contribution is -0.127. The molecule has 0 aliphatic carbocycles. The van der Waals surface area contributed by atoms with Gasteiger partial charge in [0.1, 0.15) is 5.76 Å². The van der Waals surface area contributed by atoms with Crippen molar-refractivity contribution in [3.8, 4) is 0 Å². The molecule has 0 spiro atoms. The molecule has 1 amide bonds. The van der Waals surface area contributed by atoms with Crippen LogP contribution < -0.4 is 4.90 Å². The minimum absolute atomic E-state index is 0.0681. The van der Waals surface area contributed by atoms with Gasteiger partial charge in [-0.2, -0.15) is 0 Å². The van der Waals surface area contributed by atoms with Crippen LogP contribution in [0, 0.1) is 6.92 Å². The first kappa shape index (κ1) is 20.5. The van der Waals surface area contributed by atoms with Crippen LogP contribution in [0.5, 0.6) is 0 Å². The van der Waals surface area contributed by atoms with E-state index >= 15 is 0 Å². The number of amides is 1. The van der Waals surface area contributed by atoms with Crippen LogP contribution in [0.3, 0.4) is 0 Å². The van der Waals surface area contributed by atoms with Crippen LogP contribution in [0.2, 0.25) is 0 Å². The van der Waals surface area contributed by atoms with Crippen LogP contribution in [0.15, 0.2) is 52.2 Å². The molecular formula is C22H27N5O2S. The van der Waals surface area contributed by atoms with Crippen molar-refractivity contribution in [2.75, 3.05) is 30.8 Å². The number of hydrogen-bond donors (Lipinski definition) is 0. The molecule has 1 saturated heterocycles. The van der Waals surface area contributed by atoms with Crippen molar-refractivity contribution in [2.24, 2.45) is 0 Å². The van der Waals surface area contributed by atoms with E-state index in [9.17, 15) is 4.79 Å². The van der Waals surface area contributed by atoms with E-state index < -0.39 is 0 Å². The number of rotatable bonds is 8. The van der Waals surface area contributed by atoms with Crippen LogP contribution in [0.4, 0.5) is 5.95 Å². The smallest absolute Gasteiger partial charge is 0.233 e. The maximum Gasteiger partial charge on any atom is 0.233 e. The molecule has 7 nitrogen and oxygen atoms in total. The Labute approximate surface area is 181 Å². The molecule has 0 radical (unpaired) electrons. The van der Waals surface area contributed by atoms with Crippen LogP contribution in [-0.4, -0.2) is 51.5 Å². The normalized spacial score (nSPS) is 13.7. The van der Waals surface area contributed by atoms with E-state index in [0.717, 1.165) is 48.4 Å². The van der Waals surface area contributed by atoms with Gasteiger partial charge >= 0.3 is 0 Å². The van der Waals surface area contributed by atoms with Crippen LogP contribution in [0.25, 0.3) is 0 Å². The molecule has 0 unspecified atom stereocenters. The third-order valence-electron chi connectivity index (χ3n) is 5.40. The Morgan fingerprint density at radius 2 is 1.97 bits per heavy atom. The fourth-order valence-electron chi connectivity index (χ4n) is 3.60. The number of benzene rings is 1. The molecule has 0 saturated carbocycles. The van der Waals surface area contributed by atoms with Gasteiger partial charge in [-0.3, -0.25) is 9.36 Å². The second-order valence-corrected chi connectivity index (χ2v) is 8.55. The number of aryl methyl sites for hydroxylation is 1. The number of anilines is 1. The number of furan rings is 1. The summed E-state index contributed by atoms with van der Waals surface area (Å²) in [6.45, 7) is 5.20. The summed E-state index contributed by atoms with van der Waals surface area (Å²) in [6.07, 6.45) is 4.00. The Morgan fingerprint density at radius 1 is 1.17 bits per heavy atom. The monoisotopic (exact) mass is 425 g/mol. The standard InChI is InChI=1S/C22H27N5O2S/c1-17-8-3-4-9-18(17)14-25(2)20(28)16-30-22-24-23-21(26-11-5-6-12-26)27(22)15-19-10-7-13-29-19/h3-4,7-10,13H,5-6,11-12,14-16H2,1-2H3. The molecule has 3 aromatic rings. The zero-order valence-corrected chi connectivity index (χ0v) is 18.3. The zero-order valence-electron chi connectivity index (χ0n) is 17.5. The first-order chi connectivity index (χ1) is 14.6. The van der Waals surface area contributed by atoms with Crippen molar-refractivity contribution in [3.63, 3.8) is 0 Å². The summed E-state index contributed by atoms with van der Waals surface area (Å²) in [5.74, 6) is 2.09. The topological polar surface area (TPSA) is 67.4 Å². The minimum atomic E-state index is 0.0681. The van der Waals surface area contributed by atoms with E-state index in [2.05, 4.69) is 38.7 Å². The predicted molar refractivity (Wildman–Crippen MR) is 118 cm³/mol. The highest BCUT2D eigenvalue weighted by atomic mass is 32.2. The predicted octanol–water partition coefficient (Wildman–Crippen LogP) is 3.58. The maximum atomic E-state index is 12.7. The Bertz CT molecular complexity index is 979. The van der Waals surface area contributed by atoms with Gasteiger partial charge in [0.15, 0.2) is 5.16 Å². The Hall–Kier alpha value is -2.74. The fourth-order valence-corrected chi connectivity index (χ4v) is 4.48. The summed E-state index contributed by atoms with van der Waals surface area (Å²) in [6, 6.07) is 12.0. The average Bonchev–Trinajstić information content (AvgIpc) is 3.50. The van der Waals surface area contributed by atoms with Gasteiger partial charge in [0, 0.05) is 26.7 Å². The lowest BCUT2D eigenvalue weighted by Gasteiger charge is -2.19. The highest BCUT2D eigenvalue weighted by Crippen LogP contribution is 2.26. The van der Waals surface area contributed by atoms with E-state index in [1.807, 2.05) is 31.3 Å². The van der Waals surface area contributed by atoms with Gasteiger partial charge in [-0.1, -0.05) is 36.0 Å². The third-order valence-corrected chi connectivity index (χ3v) is 6.35. The molecule has 158 valence electrons. The summed E-state index contributed by atoms with van der Waals surface area (Å²) in [5, 5.41) is 9.57. The minimum Gasteiger partial charge on any atom is -0.467 e. The van der Waals surface area contributed by atoms with E-state index in [4.69, 9.17) is 4.42 Å². The largest absolute Gasteiger partial charge is 0.467 e. The molecule has 3 heterocycles. The number of nitrogens with zero attached hydrogens (tertiary/aromatic N) is 5. The van der Waals surface area contributed by atoms with E-state index in [0.29, 0.717) is 18.8 Å². The number of carbonyl (C=O) groups is 1. The van der Waals surface area contributed by atoms with Crippen LogP contribution >= 0.6 is 11.8 Å². The Balaban J connectivity index is 1.44. The number of thioether (sulfide) groups is 1. The van der Waals surface area contributed by atoms with E-state index in [1.165, 1.54) is 17.3 Å². The van der Waals surface area contributed by atoms with Crippen molar-refractivity contribution < 1.29 is 9.21 Å². The quantitative estimate of drug-likeness (QED) is 0.514. The SMILES string of the molecule is Cc1ccccc1CN(C)C(=O)CSc1nnc(N2CCCC2)n1Cc1ccco1. The van der Waals surface area contributed by atoms with Gasteiger partial charge in [0.2, 0.25) is 11.9 Å². The van der Waals surface area contributed by atoms with E-state index in [-0.39, 0.29) is 5.91 Å². The average molecular weight is 426 g/mol. The molecule has 1 aliphatic rings. The van der Waals surface area contributed by atoms with Gasteiger partial charge in [0.05, 0.1) is 18.6 Å². The summed E-state index contributed by atoms with van der Waals surface area (Å²) >= 11 is 1.43. The van der Waals surface area contributed by atoms with Gasteiger partial charge in [-0.15, -0.1) is 10.2 Å². The molecule has 30 heavy (non-hydrogen) atoms. The van der Waals surface area contributed by atoms with Crippen LogP contribution in [-0.2, 0) is 17.9 Å². The van der Waals surface area contributed by atoms with Gasteiger partial charge < -0.3 is 14.2 Å². The van der Waals surface area contributed by atoms with Gasteiger partial charge in [-0.05, 0) is 43.0 Å². The lowest BCUT2D eigenvalue weighted by atomic mass is 10.1. The summed E-state index contributed by atoms with van der Waals surface area (Å²) < 4.78 is 7.60. The molecular weight excluding hydrogens is 398 g/mol. The molecule has 1 aliphatic heterocycles. The van der Waals surface area contributed by atoms with Crippen molar-refractivity contribution in [1.82, 2.24) is 19.7 Å². The summed E-state index contributed by atoms with van der Waals surface area (Å²) in [7, 11) is 1.85. The van der Waals surface area contributed by atoms with Crippen molar-refractivity contribution in [1.29, 1.82) is 0 Å². The molecule has 4 rings (SSSR count). The fraction of sp³-hybridized carbons (Fsp3) is 0.409. The van der Waals surface area contributed by atoms with Crippen LogP contribution in [0.1, 0.15) is 29.7 Å². The lowest BCUT2D eigenvalue weighted by Crippen LogP contribution is -2.28. The number of hydrogen-bond acceptors (Lipinski definition) is 6. The van der Waals surface area contributed by atoms with Gasteiger partial charge in [0.25, 0.3) is 0 Å². The number of aromatic nitrogens is 3. The molecule has 1 aromatic carbocycles. The second kappa shape index (κ2) is 9.38. The second-order valence-electron chi connectivity index (χ2n) is 7.61. The first-order valence-electron chi connectivity index (χ1n) is 10.2. The highest BCUT2D eigenvalue weighted by Gasteiger charge is 2.23. The highest BCUT2D eigenvalue weighted by molar-refractivity contribution is 7.99. The zero-order chi connectivity index (χ0) is 20.9. The molecule has 0 atom stereocenters. The number of carbonyl (C=O) groups excluding carboxylic acids is 1. The first-order valence-corrected chi connectivity index (χ1v) is 11.2. The molecule has 8 heteroatoms. The third kappa shape index (κ3) is 4.70. The Morgan fingerprint density at radius 3 is 2.70 bits per heavy atom. The molecule has 1 fully saturated rings. The van der Waals surface area contributed by atoms with Crippen molar-refractivity contribution in [2.45, 2.75) is 38.0 Å². The van der Waals surface area contributed by atoms with E-state index in [1.54, 1.807) is 11.2 Å². The van der Waals surface area contributed by atoms with Crippen molar-refractivity contribution >= 4 is 23.6 Å². The van der Waals surface area contributed by atoms with Crippen molar-refractivity contribution in [3.05, 3.63) is 59.5 Å². The summed E-state index contributed by atoms with van der Waals surface area (Å²) in [5.41, 5.74) is 2.36. The maximum absolute atomic E-state index is 12.7. The Kier molecular flexibility index (Phi) is 6.42. The van der Waals surface area contributed by atoms with Gasteiger partial charge in [-0.25, -0.2) is 0 Å². The molecule has 0 bridgehead atoms. The molecule has 0 N–H and O–H groups in total. The molecule has 2 aromatic heterocycles. The summed E-state index contributed by atoms with van der Waals surface area (Å²) in [4.78, 5) is 16.8.